The van der Waals surface area contributed by atoms with Gasteiger partial charge >= 0.3 is 7.82 Å². The number of phosphoric ester groups is 1. The molecule has 3 atom stereocenters. The number of amides is 1. The Hall–Kier alpha value is -2.06. The normalized spacial score (nSPS) is 14.9. The summed E-state index contributed by atoms with van der Waals surface area (Å²) in [4.78, 5) is 23.1. The molecule has 0 saturated heterocycles. The minimum atomic E-state index is -4.37. The fraction of sp³-hybridized carbons (Fsp3) is 0.740. The van der Waals surface area contributed by atoms with Crippen LogP contribution in [0.4, 0.5) is 0 Å². The summed E-state index contributed by atoms with van der Waals surface area (Å²) in [5.41, 5.74) is 0. The molecule has 342 valence electrons. The van der Waals surface area contributed by atoms with Gasteiger partial charge < -0.3 is 19.8 Å². The van der Waals surface area contributed by atoms with Gasteiger partial charge in [0.05, 0.1) is 39.9 Å². The number of carbonyl (C=O) groups excluding carboxylic acids is 1. The number of hydrogen-bond acceptors (Lipinski definition) is 5. The van der Waals surface area contributed by atoms with E-state index in [1.165, 1.54) is 116 Å². The molecule has 0 rings (SSSR count). The van der Waals surface area contributed by atoms with Crippen LogP contribution in [-0.4, -0.2) is 73.4 Å². The topological polar surface area (TPSA) is 105 Å². The monoisotopic (exact) mass is 848 g/mol. The predicted molar refractivity (Wildman–Crippen MR) is 253 cm³/mol. The zero-order valence-corrected chi connectivity index (χ0v) is 39.6. The van der Waals surface area contributed by atoms with Crippen molar-refractivity contribution in [2.45, 2.75) is 199 Å². The number of aliphatic hydroxyl groups is 1. The van der Waals surface area contributed by atoms with E-state index in [9.17, 15) is 19.4 Å². The number of nitrogens with one attached hydrogen (secondary N) is 1. The Balaban J connectivity index is 4.45. The Morgan fingerprint density at radius 1 is 0.593 bits per heavy atom. The molecule has 0 saturated carbocycles. The predicted octanol–water partition coefficient (Wildman–Crippen LogP) is 13.6. The minimum absolute atomic E-state index is 0.0420. The molecule has 0 aliphatic carbocycles. The number of allylic oxidation sites excluding steroid dienone is 10. The average Bonchev–Trinajstić information content (AvgIpc) is 3.19. The summed E-state index contributed by atoms with van der Waals surface area (Å²) >= 11 is 0. The van der Waals surface area contributed by atoms with Crippen LogP contribution in [0.5, 0.6) is 0 Å². The van der Waals surface area contributed by atoms with Crippen molar-refractivity contribution in [3.05, 3.63) is 72.9 Å². The summed E-state index contributed by atoms with van der Waals surface area (Å²) in [6, 6.07) is -0.904. The van der Waals surface area contributed by atoms with E-state index in [0.29, 0.717) is 17.4 Å². The third kappa shape index (κ3) is 43.8. The van der Waals surface area contributed by atoms with Gasteiger partial charge in [0.1, 0.15) is 13.2 Å². The zero-order valence-electron chi connectivity index (χ0n) is 38.7. The molecule has 0 aromatic rings. The molecule has 0 aliphatic heterocycles. The second-order valence-corrected chi connectivity index (χ2v) is 18.6. The first-order valence-corrected chi connectivity index (χ1v) is 25.3. The molecule has 1 amide bonds. The summed E-state index contributed by atoms with van der Waals surface area (Å²) in [5.74, 6) is -0.305. The molecule has 3 unspecified atom stereocenters. The first-order valence-electron chi connectivity index (χ1n) is 23.8. The maximum absolute atomic E-state index is 12.8. The van der Waals surface area contributed by atoms with Gasteiger partial charge in [-0.15, -0.1) is 0 Å². The van der Waals surface area contributed by atoms with Crippen molar-refractivity contribution < 1.29 is 32.9 Å². The number of nitrogens with zero attached hydrogens (tertiary/aromatic N) is 1. The van der Waals surface area contributed by atoms with Crippen molar-refractivity contribution in [3.63, 3.8) is 0 Å². The molecule has 0 fully saturated rings. The first-order chi connectivity index (χ1) is 28.5. The third-order valence-electron chi connectivity index (χ3n) is 10.2. The van der Waals surface area contributed by atoms with Crippen LogP contribution in [0.3, 0.4) is 0 Å². The van der Waals surface area contributed by atoms with Gasteiger partial charge in [-0.2, -0.15) is 0 Å². The quantitative estimate of drug-likeness (QED) is 0.0245. The standard InChI is InChI=1S/C50H91N2O6P/c1-6-8-10-12-14-16-18-20-22-23-24-25-26-27-28-30-31-33-35-37-39-41-43-49(53)48(47-58-59(55,56)57-46-45-52(3,4)5)51-50(54)44-42-40-38-36-34-32-29-21-19-17-15-13-11-9-7-2/h9,11,15,17,21,29,34,36,40-43,48-49,53H,6-8,10,12-14,16,18-20,22-28,30-33,35,37-39,44-47H2,1-5H3,(H-,51,54,55,56)/p+1/b11-9-,17-15-,29-21-,36-34-,42-40-,43-41+. The van der Waals surface area contributed by atoms with Gasteiger partial charge in [-0.25, -0.2) is 4.57 Å². The Labute approximate surface area is 364 Å². The number of rotatable bonds is 42. The van der Waals surface area contributed by atoms with Crippen molar-refractivity contribution in [1.29, 1.82) is 0 Å². The van der Waals surface area contributed by atoms with Gasteiger partial charge in [-0.1, -0.05) is 209 Å². The highest BCUT2D eigenvalue weighted by Gasteiger charge is 2.27. The number of carbonyl (C=O) groups is 1. The lowest BCUT2D eigenvalue weighted by atomic mass is 10.0. The summed E-state index contributed by atoms with van der Waals surface area (Å²) in [7, 11) is 1.51. The molecule has 0 radical (unpaired) electrons. The van der Waals surface area contributed by atoms with Gasteiger partial charge in [0, 0.05) is 6.42 Å². The van der Waals surface area contributed by atoms with E-state index in [4.69, 9.17) is 9.05 Å². The Morgan fingerprint density at radius 3 is 1.42 bits per heavy atom. The number of quaternary nitrogens is 1. The van der Waals surface area contributed by atoms with E-state index in [1.54, 1.807) is 12.2 Å². The summed E-state index contributed by atoms with van der Waals surface area (Å²) in [5, 5.41) is 13.8. The molecule has 0 spiro atoms. The number of unbranched alkanes of at least 4 members (excludes halogenated alkanes) is 20. The van der Waals surface area contributed by atoms with Crippen LogP contribution in [0.1, 0.15) is 187 Å². The molecule has 0 heterocycles. The first kappa shape index (κ1) is 56.9. The highest BCUT2D eigenvalue weighted by Crippen LogP contribution is 2.43. The highest BCUT2D eigenvalue weighted by molar-refractivity contribution is 7.47. The summed E-state index contributed by atoms with van der Waals surface area (Å²) < 4.78 is 23.5. The van der Waals surface area contributed by atoms with E-state index in [0.717, 1.165) is 44.9 Å². The molecule has 3 N–H and O–H groups in total. The van der Waals surface area contributed by atoms with Crippen LogP contribution >= 0.6 is 7.82 Å². The number of phosphoric acid groups is 1. The van der Waals surface area contributed by atoms with E-state index in [-0.39, 0.29) is 25.5 Å². The van der Waals surface area contributed by atoms with Gasteiger partial charge in [0.15, 0.2) is 0 Å². The van der Waals surface area contributed by atoms with E-state index >= 15 is 0 Å². The van der Waals surface area contributed by atoms with Crippen molar-refractivity contribution in [3.8, 4) is 0 Å². The molecule has 9 heteroatoms. The van der Waals surface area contributed by atoms with Gasteiger partial charge in [-0.3, -0.25) is 13.8 Å². The lowest BCUT2D eigenvalue weighted by molar-refractivity contribution is -0.870. The molecular formula is C50H92N2O6P+. The van der Waals surface area contributed by atoms with Crippen LogP contribution < -0.4 is 5.32 Å². The molecule has 0 bridgehead atoms. The van der Waals surface area contributed by atoms with Gasteiger partial charge in [-0.05, 0) is 44.9 Å². The fourth-order valence-corrected chi connectivity index (χ4v) is 7.20. The SMILES string of the molecule is CC/C=C\C/C=C\C/C=C\C/C=C\C/C=C\CC(=O)NC(COP(=O)(O)OCC[N+](C)(C)C)C(O)/C=C/CCCCCCCCCCCCCCCCCCCCCC. The maximum Gasteiger partial charge on any atom is 0.472 e. The number of hydrogen-bond donors (Lipinski definition) is 3. The molecule has 0 aromatic heterocycles. The maximum atomic E-state index is 12.8. The number of aliphatic hydroxyl groups excluding tert-OH is 1. The lowest BCUT2D eigenvalue weighted by Gasteiger charge is -2.25. The molecule has 59 heavy (non-hydrogen) atoms. The third-order valence-corrected chi connectivity index (χ3v) is 11.2. The minimum Gasteiger partial charge on any atom is -0.387 e. The van der Waals surface area contributed by atoms with Crippen molar-refractivity contribution in [1.82, 2.24) is 5.32 Å². The van der Waals surface area contributed by atoms with Gasteiger partial charge in [0.25, 0.3) is 0 Å². The van der Waals surface area contributed by atoms with E-state index in [2.05, 4.69) is 67.8 Å². The summed E-state index contributed by atoms with van der Waals surface area (Å²) in [6.45, 7) is 4.62. The molecule has 8 nitrogen and oxygen atoms in total. The molecular weight excluding hydrogens is 756 g/mol. The Kier molecular flexibility index (Phi) is 39.9. The molecule has 0 aliphatic rings. The van der Waals surface area contributed by atoms with Crippen LogP contribution in [0.25, 0.3) is 0 Å². The Morgan fingerprint density at radius 2 is 1.00 bits per heavy atom. The van der Waals surface area contributed by atoms with Crippen LogP contribution in [-0.2, 0) is 18.4 Å². The smallest absolute Gasteiger partial charge is 0.387 e. The lowest BCUT2D eigenvalue weighted by Crippen LogP contribution is -2.45. The number of likely N-dealkylation sites (N-methyl/N-ethyl adjacent to an activating group) is 1. The van der Waals surface area contributed by atoms with Crippen molar-refractivity contribution in [2.75, 3.05) is 40.9 Å². The van der Waals surface area contributed by atoms with E-state index < -0.39 is 20.0 Å². The van der Waals surface area contributed by atoms with Crippen LogP contribution in [0.15, 0.2) is 72.9 Å². The largest absolute Gasteiger partial charge is 0.472 e. The van der Waals surface area contributed by atoms with E-state index in [1.807, 2.05) is 33.3 Å². The second kappa shape index (κ2) is 41.3. The fourth-order valence-electron chi connectivity index (χ4n) is 6.46. The zero-order chi connectivity index (χ0) is 43.6. The molecule has 0 aromatic carbocycles. The second-order valence-electron chi connectivity index (χ2n) is 17.1. The summed E-state index contributed by atoms with van der Waals surface area (Å²) in [6.07, 6.45) is 55.9. The average molecular weight is 848 g/mol. The van der Waals surface area contributed by atoms with Crippen molar-refractivity contribution >= 4 is 13.7 Å². The van der Waals surface area contributed by atoms with Gasteiger partial charge in [0.2, 0.25) is 5.91 Å². The van der Waals surface area contributed by atoms with Crippen LogP contribution in [0.2, 0.25) is 0 Å². The Bertz CT molecular complexity index is 1190. The van der Waals surface area contributed by atoms with Crippen molar-refractivity contribution in [2.24, 2.45) is 0 Å². The van der Waals surface area contributed by atoms with Crippen LogP contribution in [0, 0.1) is 0 Å². The highest BCUT2D eigenvalue weighted by atomic mass is 31.2.